The van der Waals surface area contributed by atoms with Gasteiger partial charge in [-0.05, 0) is 113 Å². The SMILES string of the molecule is CN(C)C(C)(C)OC/C=C1\CC[C@H]2[C@@H]3CCc4cc(O)ccc4[C@H]3CC[C@]12C. The van der Waals surface area contributed by atoms with Crippen LogP contribution in [-0.2, 0) is 11.2 Å². The molecule has 3 aliphatic rings. The summed E-state index contributed by atoms with van der Waals surface area (Å²) < 4.78 is 6.17. The van der Waals surface area contributed by atoms with E-state index in [2.05, 4.69) is 51.9 Å². The molecule has 1 aromatic rings. The molecule has 1 aromatic carbocycles. The minimum absolute atomic E-state index is 0.230. The van der Waals surface area contributed by atoms with Crippen LogP contribution in [0.3, 0.4) is 0 Å². The number of allylic oxidation sites excluding steroid dienone is 1. The lowest BCUT2D eigenvalue weighted by Gasteiger charge is -2.49. The summed E-state index contributed by atoms with van der Waals surface area (Å²) >= 11 is 0. The van der Waals surface area contributed by atoms with Crippen molar-refractivity contribution < 1.29 is 9.84 Å². The molecule has 0 amide bonds. The summed E-state index contributed by atoms with van der Waals surface area (Å²) in [6.07, 6.45) is 9.92. The van der Waals surface area contributed by atoms with Crippen LogP contribution in [-0.4, -0.2) is 36.4 Å². The van der Waals surface area contributed by atoms with Crippen molar-refractivity contribution in [3.8, 4) is 5.75 Å². The van der Waals surface area contributed by atoms with Gasteiger partial charge in [0.05, 0.1) is 6.61 Å². The maximum atomic E-state index is 9.86. The van der Waals surface area contributed by atoms with Crippen molar-refractivity contribution in [2.45, 2.75) is 70.9 Å². The molecule has 0 saturated heterocycles. The number of hydrogen-bond acceptors (Lipinski definition) is 3. The molecule has 0 heterocycles. The second-order valence-electron chi connectivity index (χ2n) is 10.2. The normalized spacial score (nSPS) is 33.6. The van der Waals surface area contributed by atoms with E-state index in [-0.39, 0.29) is 5.72 Å². The summed E-state index contributed by atoms with van der Waals surface area (Å²) in [6.45, 7) is 7.50. The molecule has 0 aliphatic heterocycles. The van der Waals surface area contributed by atoms with E-state index in [1.165, 1.54) is 43.2 Å². The molecule has 2 saturated carbocycles. The molecule has 0 unspecified atom stereocenters. The van der Waals surface area contributed by atoms with Gasteiger partial charge in [-0.2, -0.15) is 0 Å². The van der Waals surface area contributed by atoms with Gasteiger partial charge in [0.2, 0.25) is 0 Å². The first kappa shape index (κ1) is 20.0. The summed E-state index contributed by atoms with van der Waals surface area (Å²) in [4.78, 5) is 2.13. The summed E-state index contributed by atoms with van der Waals surface area (Å²) in [5.41, 5.74) is 4.66. The van der Waals surface area contributed by atoms with Gasteiger partial charge in [-0.15, -0.1) is 0 Å². The monoisotopic (exact) mass is 383 g/mol. The number of hydrogen-bond donors (Lipinski definition) is 1. The zero-order valence-electron chi connectivity index (χ0n) is 18.3. The number of aromatic hydroxyl groups is 1. The molecular formula is C25H37NO2. The van der Waals surface area contributed by atoms with E-state index < -0.39 is 0 Å². The maximum absolute atomic E-state index is 9.86. The highest BCUT2D eigenvalue weighted by atomic mass is 16.5. The van der Waals surface area contributed by atoms with Crippen molar-refractivity contribution in [3.05, 3.63) is 41.0 Å². The standard InChI is InChI=1S/C25H37NO2/c1-24(2,26(4)5)28-15-13-18-7-11-23-22-9-6-17-16-19(27)8-10-20(17)21(22)12-14-25(18,23)3/h8,10,13,16,21-23,27H,6-7,9,11-12,14-15H2,1-5H3/b18-13+/t21-,22-,23+,25-/m1/s1. The fourth-order valence-corrected chi connectivity index (χ4v) is 6.23. The minimum Gasteiger partial charge on any atom is -0.508 e. The van der Waals surface area contributed by atoms with E-state index in [1.807, 2.05) is 12.1 Å². The summed E-state index contributed by atoms with van der Waals surface area (Å²) in [5, 5.41) is 9.86. The number of fused-ring (bicyclic) bond motifs is 5. The van der Waals surface area contributed by atoms with Crippen LogP contribution in [0.2, 0.25) is 0 Å². The van der Waals surface area contributed by atoms with Crippen LogP contribution in [0.5, 0.6) is 5.75 Å². The number of aryl methyl sites for hydroxylation is 1. The summed E-state index contributed by atoms with van der Waals surface area (Å²) in [5.74, 6) is 2.69. The third kappa shape index (κ3) is 3.31. The van der Waals surface area contributed by atoms with E-state index in [1.54, 1.807) is 5.57 Å². The number of ether oxygens (including phenoxy) is 1. The number of phenolic OH excluding ortho intramolecular Hbond substituents is 1. The molecule has 0 spiro atoms. The summed E-state index contributed by atoms with van der Waals surface area (Å²) in [7, 11) is 4.14. The van der Waals surface area contributed by atoms with E-state index in [0.29, 0.717) is 23.7 Å². The lowest BCUT2D eigenvalue weighted by Crippen LogP contribution is -2.41. The highest BCUT2D eigenvalue weighted by Crippen LogP contribution is 2.62. The van der Waals surface area contributed by atoms with E-state index in [9.17, 15) is 5.11 Å². The molecule has 3 aliphatic carbocycles. The van der Waals surface area contributed by atoms with Crippen molar-refractivity contribution in [3.63, 3.8) is 0 Å². The Morgan fingerprint density at radius 2 is 2.00 bits per heavy atom. The van der Waals surface area contributed by atoms with Crippen molar-refractivity contribution >= 4 is 0 Å². The molecule has 1 N–H and O–H groups in total. The van der Waals surface area contributed by atoms with Gasteiger partial charge in [0.1, 0.15) is 11.5 Å². The molecule has 28 heavy (non-hydrogen) atoms. The third-order valence-corrected chi connectivity index (χ3v) is 8.40. The van der Waals surface area contributed by atoms with Gasteiger partial charge in [0.15, 0.2) is 0 Å². The van der Waals surface area contributed by atoms with Crippen LogP contribution < -0.4 is 0 Å². The quantitative estimate of drug-likeness (QED) is 0.551. The van der Waals surface area contributed by atoms with Crippen molar-refractivity contribution in [1.82, 2.24) is 4.90 Å². The van der Waals surface area contributed by atoms with Gasteiger partial charge in [-0.3, -0.25) is 4.90 Å². The highest BCUT2D eigenvalue weighted by molar-refractivity contribution is 5.40. The minimum atomic E-state index is -0.230. The lowest BCUT2D eigenvalue weighted by molar-refractivity contribution is -0.0999. The Morgan fingerprint density at radius 1 is 1.21 bits per heavy atom. The van der Waals surface area contributed by atoms with Crippen molar-refractivity contribution in [2.75, 3.05) is 20.7 Å². The molecular weight excluding hydrogens is 346 g/mol. The van der Waals surface area contributed by atoms with Crippen molar-refractivity contribution in [2.24, 2.45) is 17.3 Å². The van der Waals surface area contributed by atoms with Gasteiger partial charge >= 0.3 is 0 Å². The van der Waals surface area contributed by atoms with Gasteiger partial charge in [-0.1, -0.05) is 24.6 Å². The zero-order valence-corrected chi connectivity index (χ0v) is 18.3. The second kappa shape index (κ2) is 7.18. The van der Waals surface area contributed by atoms with E-state index in [0.717, 1.165) is 18.3 Å². The van der Waals surface area contributed by atoms with Gasteiger partial charge in [0.25, 0.3) is 0 Å². The van der Waals surface area contributed by atoms with Gasteiger partial charge < -0.3 is 9.84 Å². The van der Waals surface area contributed by atoms with Crippen molar-refractivity contribution in [1.29, 1.82) is 0 Å². The van der Waals surface area contributed by atoms with Crippen LogP contribution in [0.1, 0.15) is 69.9 Å². The Morgan fingerprint density at radius 3 is 2.75 bits per heavy atom. The Labute approximate surface area is 170 Å². The number of phenols is 1. The van der Waals surface area contributed by atoms with Crippen LogP contribution in [0.25, 0.3) is 0 Å². The molecule has 0 radical (unpaired) electrons. The molecule has 3 heteroatoms. The first-order chi connectivity index (χ1) is 13.2. The predicted octanol–water partition coefficient (Wildman–Crippen LogP) is 5.49. The Bertz CT molecular complexity index is 766. The molecule has 0 aromatic heterocycles. The Balaban J connectivity index is 1.51. The highest BCUT2D eigenvalue weighted by Gasteiger charge is 2.52. The number of nitrogens with zero attached hydrogens (tertiary/aromatic N) is 1. The summed E-state index contributed by atoms with van der Waals surface area (Å²) in [6, 6.07) is 6.09. The second-order valence-corrected chi connectivity index (χ2v) is 10.2. The Hall–Kier alpha value is -1.32. The maximum Gasteiger partial charge on any atom is 0.115 e. The van der Waals surface area contributed by atoms with Crippen LogP contribution in [0, 0.1) is 17.3 Å². The fraction of sp³-hybridized carbons (Fsp3) is 0.680. The van der Waals surface area contributed by atoms with E-state index >= 15 is 0 Å². The molecule has 154 valence electrons. The molecule has 2 fully saturated rings. The smallest absolute Gasteiger partial charge is 0.115 e. The average Bonchev–Trinajstić information content (AvgIpc) is 2.97. The fourth-order valence-electron chi connectivity index (χ4n) is 6.23. The lowest BCUT2D eigenvalue weighted by atomic mass is 9.55. The molecule has 3 nitrogen and oxygen atoms in total. The Kier molecular flexibility index (Phi) is 5.12. The van der Waals surface area contributed by atoms with Crippen LogP contribution >= 0.6 is 0 Å². The molecule has 0 bridgehead atoms. The van der Waals surface area contributed by atoms with E-state index in [4.69, 9.17) is 4.74 Å². The average molecular weight is 384 g/mol. The molecule has 4 atom stereocenters. The number of rotatable bonds is 4. The topological polar surface area (TPSA) is 32.7 Å². The third-order valence-electron chi connectivity index (χ3n) is 8.40. The van der Waals surface area contributed by atoms with Gasteiger partial charge in [-0.25, -0.2) is 0 Å². The van der Waals surface area contributed by atoms with Crippen LogP contribution in [0.4, 0.5) is 0 Å². The first-order valence-electron chi connectivity index (χ1n) is 11.0. The number of benzene rings is 1. The molecule has 4 rings (SSSR count). The zero-order chi connectivity index (χ0) is 20.1. The van der Waals surface area contributed by atoms with Gasteiger partial charge in [0, 0.05) is 0 Å². The largest absolute Gasteiger partial charge is 0.508 e. The predicted molar refractivity (Wildman–Crippen MR) is 115 cm³/mol. The van der Waals surface area contributed by atoms with Crippen LogP contribution in [0.15, 0.2) is 29.8 Å². The first-order valence-corrected chi connectivity index (χ1v) is 11.0.